The molecule has 0 saturated carbocycles. The number of hydrogen-bond acceptors (Lipinski definition) is 6. The normalized spacial score (nSPS) is 11.4. The van der Waals surface area contributed by atoms with Crippen molar-refractivity contribution in [2.45, 2.75) is 20.1 Å². The molecule has 4 aromatic rings. The lowest BCUT2D eigenvalue weighted by Crippen LogP contribution is -3.00. The summed E-state index contributed by atoms with van der Waals surface area (Å²) in [4.78, 5) is 0. The van der Waals surface area contributed by atoms with Crippen molar-refractivity contribution in [3.63, 3.8) is 0 Å². The van der Waals surface area contributed by atoms with E-state index >= 15 is 0 Å². The fourth-order valence-electron chi connectivity index (χ4n) is 3.21. The van der Waals surface area contributed by atoms with Gasteiger partial charge in [-0.3, -0.25) is 0 Å². The van der Waals surface area contributed by atoms with Crippen molar-refractivity contribution >= 4 is 35.6 Å². The van der Waals surface area contributed by atoms with Gasteiger partial charge < -0.3 is 18.1 Å². The third-order valence-corrected chi connectivity index (χ3v) is 5.67. The summed E-state index contributed by atoms with van der Waals surface area (Å²) in [5.41, 5.74) is 14.4. The molecule has 0 aliphatic carbocycles. The van der Waals surface area contributed by atoms with Crippen LogP contribution < -0.4 is 29.0 Å². The summed E-state index contributed by atoms with van der Waals surface area (Å²) in [6, 6.07) is 19.3. The van der Waals surface area contributed by atoms with Gasteiger partial charge in [0.15, 0.2) is 0 Å². The number of halogens is 3. The zero-order valence-electron chi connectivity index (χ0n) is 19.0. The Kier molecular flexibility index (Phi) is 8.89. The first-order valence-electron chi connectivity index (χ1n) is 10.5. The van der Waals surface area contributed by atoms with Crippen molar-refractivity contribution in [3.05, 3.63) is 93.5 Å². The molecule has 5 N–H and O–H groups in total. The molecule has 0 fully saturated rings. The lowest BCUT2D eigenvalue weighted by molar-refractivity contribution is -0.438. The van der Waals surface area contributed by atoms with Crippen LogP contribution in [-0.4, -0.2) is 38.3 Å². The number of quaternary nitrogens is 1. The van der Waals surface area contributed by atoms with E-state index in [4.69, 9.17) is 23.2 Å². The van der Waals surface area contributed by atoms with E-state index in [9.17, 15) is 0 Å². The Bertz CT molecular complexity index is 1210. The van der Waals surface area contributed by atoms with Gasteiger partial charge in [-0.05, 0) is 38.1 Å². The van der Waals surface area contributed by atoms with E-state index in [-0.39, 0.29) is 12.4 Å². The number of rotatable bonds is 8. The Balaban J connectivity index is 0.00000342. The molecule has 0 aliphatic rings. The van der Waals surface area contributed by atoms with Crippen molar-refractivity contribution in [2.75, 3.05) is 0 Å². The average molecular weight is 533 g/mol. The SMILES string of the molecule is Cc1nn(-c2ccccc2)c(Cl)c1/C=N/NC([NH3+])N/N=C/c1c(C)nn(-c2ccccc2)c1Cl.[Cl-]. The molecular formula is C23H24Cl3N9. The van der Waals surface area contributed by atoms with Crippen LogP contribution in [0, 0.1) is 13.8 Å². The third-order valence-electron chi connectivity index (χ3n) is 4.95. The summed E-state index contributed by atoms with van der Waals surface area (Å²) in [6.45, 7) is 3.75. The van der Waals surface area contributed by atoms with Gasteiger partial charge >= 0.3 is 0 Å². The van der Waals surface area contributed by atoms with Crippen LogP contribution in [0.5, 0.6) is 0 Å². The van der Waals surface area contributed by atoms with Crippen LogP contribution in [-0.2, 0) is 0 Å². The largest absolute Gasteiger partial charge is 1.00 e. The molecule has 35 heavy (non-hydrogen) atoms. The highest BCUT2D eigenvalue weighted by molar-refractivity contribution is 6.32. The maximum absolute atomic E-state index is 6.51. The highest BCUT2D eigenvalue weighted by Gasteiger charge is 2.14. The minimum Gasteiger partial charge on any atom is -1.00 e. The van der Waals surface area contributed by atoms with E-state index in [0.29, 0.717) is 21.4 Å². The number of hydrazone groups is 2. The number of nitrogens with one attached hydrogen (secondary N) is 2. The molecule has 0 amide bonds. The zero-order chi connectivity index (χ0) is 24.1. The number of aromatic nitrogens is 4. The van der Waals surface area contributed by atoms with Gasteiger partial charge in [-0.25, -0.2) is 20.2 Å². The second-order valence-corrected chi connectivity index (χ2v) is 8.12. The molecule has 0 atom stereocenters. The molecule has 12 heteroatoms. The topological polar surface area (TPSA) is 112 Å². The maximum Gasteiger partial charge on any atom is 0.265 e. The highest BCUT2D eigenvalue weighted by atomic mass is 35.5. The first-order chi connectivity index (χ1) is 16.5. The van der Waals surface area contributed by atoms with Crippen LogP contribution >= 0.6 is 23.2 Å². The predicted octanol–water partition coefficient (Wildman–Crippen LogP) is 0.0583. The summed E-state index contributed by atoms with van der Waals surface area (Å²) in [5, 5.41) is 18.4. The van der Waals surface area contributed by atoms with Gasteiger partial charge in [0.05, 0.1) is 46.3 Å². The molecule has 182 valence electrons. The smallest absolute Gasteiger partial charge is 0.265 e. The van der Waals surface area contributed by atoms with E-state index in [2.05, 4.69) is 37.0 Å². The van der Waals surface area contributed by atoms with Crippen LogP contribution in [0.2, 0.25) is 10.3 Å². The lowest BCUT2D eigenvalue weighted by Gasteiger charge is -2.06. The number of hydrogen-bond donors (Lipinski definition) is 3. The predicted molar refractivity (Wildman–Crippen MR) is 135 cm³/mol. The maximum atomic E-state index is 6.51. The Hall–Kier alpha value is -3.37. The summed E-state index contributed by atoms with van der Waals surface area (Å²) < 4.78 is 3.34. The first-order valence-corrected chi connectivity index (χ1v) is 11.2. The molecule has 9 nitrogen and oxygen atoms in total. The molecule has 2 aromatic carbocycles. The molecule has 0 radical (unpaired) electrons. The van der Waals surface area contributed by atoms with Gasteiger partial charge in [0.1, 0.15) is 10.3 Å². The molecule has 4 rings (SSSR count). The van der Waals surface area contributed by atoms with Gasteiger partial charge in [0.25, 0.3) is 6.29 Å². The molecule has 2 aromatic heterocycles. The second kappa shape index (κ2) is 11.9. The zero-order valence-corrected chi connectivity index (χ0v) is 21.3. The second-order valence-electron chi connectivity index (χ2n) is 7.40. The van der Waals surface area contributed by atoms with Crippen LogP contribution in [0.4, 0.5) is 0 Å². The van der Waals surface area contributed by atoms with Crippen LogP contribution in [0.25, 0.3) is 11.4 Å². The summed E-state index contributed by atoms with van der Waals surface area (Å²) >= 11 is 13.0. The third kappa shape index (κ3) is 6.01. The molecule has 0 spiro atoms. The van der Waals surface area contributed by atoms with Gasteiger partial charge in [-0.1, -0.05) is 59.6 Å². The molecule has 0 unspecified atom stereocenters. The van der Waals surface area contributed by atoms with Crippen molar-refractivity contribution < 1.29 is 18.1 Å². The minimum atomic E-state index is -0.501. The number of para-hydroxylation sites is 2. The summed E-state index contributed by atoms with van der Waals surface area (Å²) in [7, 11) is 0. The molecule has 0 aliphatic heterocycles. The average Bonchev–Trinajstić information content (AvgIpc) is 3.30. The number of aryl methyl sites for hydroxylation is 2. The van der Waals surface area contributed by atoms with E-state index in [1.165, 1.54) is 0 Å². The van der Waals surface area contributed by atoms with E-state index in [0.717, 1.165) is 22.8 Å². The van der Waals surface area contributed by atoms with Crippen LogP contribution in [0.3, 0.4) is 0 Å². The quantitative estimate of drug-likeness (QED) is 0.169. The van der Waals surface area contributed by atoms with Gasteiger partial charge in [-0.2, -0.15) is 20.4 Å². The van der Waals surface area contributed by atoms with Gasteiger partial charge in [0.2, 0.25) is 0 Å². The van der Waals surface area contributed by atoms with E-state index in [1.54, 1.807) is 21.8 Å². The lowest BCUT2D eigenvalue weighted by atomic mass is 10.3. The molecule has 2 heterocycles. The van der Waals surface area contributed by atoms with Crippen molar-refractivity contribution in [1.82, 2.24) is 30.4 Å². The van der Waals surface area contributed by atoms with E-state index in [1.807, 2.05) is 74.5 Å². The fourth-order valence-corrected chi connectivity index (χ4v) is 3.85. The Morgan fingerprint density at radius 3 is 1.51 bits per heavy atom. The highest BCUT2D eigenvalue weighted by Crippen LogP contribution is 2.22. The first kappa shape index (κ1) is 26.2. The fraction of sp³-hybridized carbons (Fsp3) is 0.130. The minimum absolute atomic E-state index is 0. The summed E-state index contributed by atoms with van der Waals surface area (Å²) in [5.74, 6) is 0. The van der Waals surface area contributed by atoms with Crippen molar-refractivity contribution in [2.24, 2.45) is 10.2 Å². The van der Waals surface area contributed by atoms with Gasteiger partial charge in [0, 0.05) is 0 Å². The van der Waals surface area contributed by atoms with Gasteiger partial charge in [-0.15, -0.1) is 0 Å². The number of nitrogens with zero attached hydrogens (tertiary/aromatic N) is 6. The Morgan fingerprint density at radius 2 is 1.14 bits per heavy atom. The van der Waals surface area contributed by atoms with Crippen LogP contribution in [0.1, 0.15) is 22.5 Å². The molecular weight excluding hydrogens is 509 g/mol. The monoisotopic (exact) mass is 531 g/mol. The molecule has 0 saturated heterocycles. The van der Waals surface area contributed by atoms with Crippen molar-refractivity contribution in [3.8, 4) is 11.4 Å². The summed E-state index contributed by atoms with van der Waals surface area (Å²) in [6.07, 6.45) is 2.72. The Labute approximate surface area is 219 Å². The standard InChI is InChI=1S/C23H23Cl2N9.ClH/c1-15-19(21(24)33(31-15)17-9-5-3-6-10-17)13-27-29-23(26)30-28-14-20-16(2)32-34(22(20)25)18-11-7-4-8-12-18;/h3-14,23,29-30H,26H2,1-2H3;1H/b27-13+,28-14+;. The number of benzene rings is 2. The van der Waals surface area contributed by atoms with Crippen LogP contribution in [0.15, 0.2) is 70.9 Å². The Morgan fingerprint density at radius 1 is 0.771 bits per heavy atom. The van der Waals surface area contributed by atoms with Crippen molar-refractivity contribution in [1.29, 1.82) is 0 Å². The van der Waals surface area contributed by atoms with E-state index < -0.39 is 6.29 Å². The molecule has 0 bridgehead atoms.